The smallest absolute Gasteiger partial charge is 0.0815 e. The van der Waals surface area contributed by atoms with E-state index in [4.69, 9.17) is 10.5 Å². The largest absolute Gasteiger partial charge is 0.376 e. The molecule has 3 nitrogen and oxygen atoms in total. The zero-order valence-electron chi connectivity index (χ0n) is 9.81. The molecule has 4 heteroatoms. The van der Waals surface area contributed by atoms with Crippen LogP contribution in [0.4, 0.5) is 0 Å². The predicted molar refractivity (Wildman–Crippen MR) is 66.9 cm³/mol. The Balaban J connectivity index is 2.68. The lowest BCUT2D eigenvalue weighted by Crippen LogP contribution is -2.29. The third-order valence-corrected chi connectivity index (χ3v) is 3.96. The number of hydrogen-bond acceptors (Lipinski definition) is 3. The first kappa shape index (κ1) is 13.4. The topological polar surface area (TPSA) is 52.3 Å². The molecule has 0 aliphatic heterocycles. The summed E-state index contributed by atoms with van der Waals surface area (Å²) in [6.07, 6.45) is -0.120. The molecular formula is C12H19NO2S. The van der Waals surface area contributed by atoms with Crippen LogP contribution in [0, 0.1) is 6.92 Å². The monoisotopic (exact) mass is 241 g/mol. The molecule has 90 valence electrons. The molecule has 2 N–H and O–H groups in total. The summed E-state index contributed by atoms with van der Waals surface area (Å²) in [7, 11) is -1.03. The van der Waals surface area contributed by atoms with Crippen LogP contribution in [-0.2, 0) is 15.5 Å². The predicted octanol–water partition coefficient (Wildman–Crippen LogP) is 1.47. The van der Waals surface area contributed by atoms with E-state index in [1.165, 1.54) is 0 Å². The van der Waals surface area contributed by atoms with Crippen molar-refractivity contribution in [1.29, 1.82) is 0 Å². The number of hydrogen-bond donors (Lipinski definition) is 1. The van der Waals surface area contributed by atoms with Gasteiger partial charge in [0.05, 0.1) is 22.7 Å². The fraction of sp³-hybridized carbons (Fsp3) is 0.500. The molecule has 1 rings (SSSR count). The van der Waals surface area contributed by atoms with E-state index in [1.54, 1.807) is 0 Å². The number of ether oxygens (including phenoxy) is 1. The van der Waals surface area contributed by atoms with Crippen molar-refractivity contribution >= 4 is 10.8 Å². The summed E-state index contributed by atoms with van der Waals surface area (Å²) in [5.41, 5.74) is 6.61. The quantitative estimate of drug-likeness (QED) is 0.820. The van der Waals surface area contributed by atoms with E-state index in [1.807, 2.05) is 38.1 Å². The van der Waals surface area contributed by atoms with Crippen molar-refractivity contribution in [2.45, 2.75) is 24.8 Å². The fourth-order valence-corrected chi connectivity index (χ4v) is 2.90. The Kier molecular flexibility index (Phi) is 5.66. The molecule has 0 saturated heterocycles. The van der Waals surface area contributed by atoms with Crippen molar-refractivity contribution in [1.82, 2.24) is 0 Å². The minimum atomic E-state index is -1.03. The van der Waals surface area contributed by atoms with Gasteiger partial charge in [0.15, 0.2) is 0 Å². The molecule has 2 unspecified atom stereocenters. The lowest BCUT2D eigenvalue weighted by molar-refractivity contribution is 0.0852. The van der Waals surface area contributed by atoms with Gasteiger partial charge < -0.3 is 10.5 Å². The molecule has 0 heterocycles. The van der Waals surface area contributed by atoms with Crippen LogP contribution in [0.1, 0.15) is 12.5 Å². The molecule has 2 atom stereocenters. The van der Waals surface area contributed by atoms with Gasteiger partial charge in [-0.2, -0.15) is 0 Å². The van der Waals surface area contributed by atoms with Gasteiger partial charge in [0.25, 0.3) is 0 Å². The van der Waals surface area contributed by atoms with E-state index in [0.29, 0.717) is 18.9 Å². The SMILES string of the molecule is CCOC(CN)CS(=O)c1ccccc1C. The zero-order valence-corrected chi connectivity index (χ0v) is 10.6. The molecule has 0 spiro atoms. The second-order valence-electron chi connectivity index (χ2n) is 3.59. The maximum absolute atomic E-state index is 12.1. The fourth-order valence-electron chi connectivity index (χ4n) is 1.49. The third-order valence-electron chi connectivity index (χ3n) is 2.34. The average Bonchev–Trinajstić information content (AvgIpc) is 2.28. The second-order valence-corrected chi connectivity index (χ2v) is 5.05. The van der Waals surface area contributed by atoms with Crippen molar-refractivity contribution in [2.24, 2.45) is 5.73 Å². The first-order valence-corrected chi connectivity index (χ1v) is 6.76. The summed E-state index contributed by atoms with van der Waals surface area (Å²) in [4.78, 5) is 0.876. The highest BCUT2D eigenvalue weighted by Crippen LogP contribution is 2.13. The molecule has 0 aliphatic rings. The summed E-state index contributed by atoms with van der Waals surface area (Å²) in [5.74, 6) is 0.467. The molecule has 0 bridgehead atoms. The number of nitrogens with two attached hydrogens (primary N) is 1. The van der Waals surface area contributed by atoms with Gasteiger partial charge in [0.2, 0.25) is 0 Å². The number of aryl methyl sites for hydroxylation is 1. The van der Waals surface area contributed by atoms with E-state index in [-0.39, 0.29) is 6.10 Å². The molecule has 1 aromatic rings. The van der Waals surface area contributed by atoms with Gasteiger partial charge in [-0.05, 0) is 25.5 Å². The molecule has 0 saturated carbocycles. The van der Waals surface area contributed by atoms with Gasteiger partial charge in [-0.15, -0.1) is 0 Å². The average molecular weight is 241 g/mol. The van der Waals surface area contributed by atoms with Gasteiger partial charge in [0, 0.05) is 18.0 Å². The van der Waals surface area contributed by atoms with Crippen molar-refractivity contribution in [3.05, 3.63) is 29.8 Å². The zero-order chi connectivity index (χ0) is 12.0. The van der Waals surface area contributed by atoms with Crippen LogP contribution in [-0.4, -0.2) is 29.2 Å². The van der Waals surface area contributed by atoms with Crippen LogP contribution in [0.2, 0.25) is 0 Å². The minimum absolute atomic E-state index is 0.120. The van der Waals surface area contributed by atoms with E-state index < -0.39 is 10.8 Å². The van der Waals surface area contributed by atoms with E-state index >= 15 is 0 Å². The lowest BCUT2D eigenvalue weighted by Gasteiger charge is -2.14. The minimum Gasteiger partial charge on any atom is -0.376 e. The second kappa shape index (κ2) is 6.78. The summed E-state index contributed by atoms with van der Waals surface area (Å²) in [6.45, 7) is 4.89. The summed E-state index contributed by atoms with van der Waals surface area (Å²) in [6, 6.07) is 7.70. The van der Waals surface area contributed by atoms with E-state index in [0.717, 1.165) is 10.5 Å². The van der Waals surface area contributed by atoms with Crippen molar-refractivity contribution in [2.75, 3.05) is 18.9 Å². The first-order valence-electron chi connectivity index (χ1n) is 5.44. The molecule has 0 fully saturated rings. The molecule has 0 radical (unpaired) electrons. The normalized spacial score (nSPS) is 14.7. The third kappa shape index (κ3) is 3.70. The van der Waals surface area contributed by atoms with Gasteiger partial charge in [-0.25, -0.2) is 0 Å². The molecular weight excluding hydrogens is 222 g/mol. The van der Waals surface area contributed by atoms with Crippen molar-refractivity contribution in [3.8, 4) is 0 Å². The van der Waals surface area contributed by atoms with E-state index in [9.17, 15) is 4.21 Å². The summed E-state index contributed by atoms with van der Waals surface area (Å²) < 4.78 is 17.5. The Labute approximate surface area is 99.4 Å². The van der Waals surface area contributed by atoms with Gasteiger partial charge in [-0.1, -0.05) is 18.2 Å². The van der Waals surface area contributed by atoms with Gasteiger partial charge in [0.1, 0.15) is 0 Å². The number of rotatable bonds is 6. The van der Waals surface area contributed by atoms with Crippen LogP contribution in [0.5, 0.6) is 0 Å². The Bertz CT molecular complexity index is 355. The number of benzene rings is 1. The van der Waals surface area contributed by atoms with Crippen molar-refractivity contribution < 1.29 is 8.95 Å². The van der Waals surface area contributed by atoms with Crippen LogP contribution in [0.15, 0.2) is 29.2 Å². The maximum Gasteiger partial charge on any atom is 0.0815 e. The Morgan fingerprint density at radius 1 is 1.44 bits per heavy atom. The molecule has 0 aliphatic carbocycles. The van der Waals surface area contributed by atoms with Crippen LogP contribution < -0.4 is 5.73 Å². The van der Waals surface area contributed by atoms with Crippen LogP contribution >= 0.6 is 0 Å². The highest BCUT2D eigenvalue weighted by atomic mass is 32.2. The van der Waals surface area contributed by atoms with Gasteiger partial charge in [-0.3, -0.25) is 4.21 Å². The lowest BCUT2D eigenvalue weighted by atomic mass is 10.2. The summed E-state index contributed by atoms with van der Waals surface area (Å²) in [5, 5.41) is 0. The van der Waals surface area contributed by atoms with Crippen LogP contribution in [0.3, 0.4) is 0 Å². The highest BCUT2D eigenvalue weighted by molar-refractivity contribution is 7.85. The maximum atomic E-state index is 12.1. The van der Waals surface area contributed by atoms with Crippen molar-refractivity contribution in [3.63, 3.8) is 0 Å². The standard InChI is InChI=1S/C12H19NO2S/c1-3-15-11(8-13)9-16(14)12-7-5-4-6-10(12)2/h4-7,11H,3,8-9,13H2,1-2H3. The molecule has 0 amide bonds. The molecule has 16 heavy (non-hydrogen) atoms. The molecule has 0 aromatic heterocycles. The Morgan fingerprint density at radius 2 is 2.12 bits per heavy atom. The van der Waals surface area contributed by atoms with Gasteiger partial charge >= 0.3 is 0 Å². The first-order chi connectivity index (χ1) is 7.69. The van der Waals surface area contributed by atoms with E-state index in [2.05, 4.69) is 0 Å². The highest BCUT2D eigenvalue weighted by Gasteiger charge is 2.13. The molecule has 1 aromatic carbocycles. The summed E-state index contributed by atoms with van der Waals surface area (Å²) >= 11 is 0. The Morgan fingerprint density at radius 3 is 2.69 bits per heavy atom. The van der Waals surface area contributed by atoms with Crippen LogP contribution in [0.25, 0.3) is 0 Å². The Hall–Kier alpha value is -0.710.